The van der Waals surface area contributed by atoms with Gasteiger partial charge in [-0.2, -0.15) is 4.98 Å². The van der Waals surface area contributed by atoms with Gasteiger partial charge in [-0.25, -0.2) is 4.52 Å². The Bertz CT molecular complexity index is 676. The number of benzene rings is 1. The van der Waals surface area contributed by atoms with E-state index < -0.39 is 0 Å². The van der Waals surface area contributed by atoms with E-state index in [1.165, 1.54) is 0 Å². The summed E-state index contributed by atoms with van der Waals surface area (Å²) < 4.78 is 1.77. The lowest BCUT2D eigenvalue weighted by molar-refractivity contribution is 0.896. The Labute approximate surface area is 104 Å². The molecule has 0 amide bonds. The molecule has 0 aliphatic heterocycles. The van der Waals surface area contributed by atoms with E-state index in [0.717, 1.165) is 22.9 Å². The molecule has 0 saturated carbocycles. The maximum absolute atomic E-state index is 4.40. The van der Waals surface area contributed by atoms with Crippen LogP contribution in [0.4, 0.5) is 5.69 Å². The van der Waals surface area contributed by atoms with Crippen molar-refractivity contribution in [3.8, 4) is 11.4 Å². The Kier molecular flexibility index (Phi) is 2.29. The molecule has 3 aromatic rings. The van der Waals surface area contributed by atoms with Crippen molar-refractivity contribution in [1.29, 1.82) is 0 Å². The molecule has 92 valence electrons. The van der Waals surface area contributed by atoms with E-state index in [1.54, 1.807) is 4.52 Å². The highest BCUT2D eigenvalue weighted by Gasteiger charge is 2.09. The SMILES string of the molecule is Cc1nnc2nc(-c3ccc(N(C)C)cc3)[nH]n12. The van der Waals surface area contributed by atoms with Gasteiger partial charge in [0.25, 0.3) is 5.78 Å². The topological polar surface area (TPSA) is 62.1 Å². The molecule has 0 saturated heterocycles. The molecule has 1 aromatic carbocycles. The summed E-state index contributed by atoms with van der Waals surface area (Å²) in [5, 5.41) is 11.1. The number of anilines is 1. The fourth-order valence-electron chi connectivity index (χ4n) is 1.83. The van der Waals surface area contributed by atoms with Gasteiger partial charge in [-0.15, -0.1) is 10.2 Å². The minimum Gasteiger partial charge on any atom is -0.378 e. The largest absolute Gasteiger partial charge is 0.378 e. The van der Waals surface area contributed by atoms with E-state index in [9.17, 15) is 0 Å². The minimum absolute atomic E-state index is 0.596. The first-order valence-corrected chi connectivity index (χ1v) is 5.70. The third-order valence-electron chi connectivity index (χ3n) is 2.89. The number of hydrogen-bond donors (Lipinski definition) is 1. The Balaban J connectivity index is 2.03. The van der Waals surface area contributed by atoms with Gasteiger partial charge in [0.1, 0.15) is 0 Å². The van der Waals surface area contributed by atoms with E-state index in [2.05, 4.69) is 37.3 Å². The third-order valence-corrected chi connectivity index (χ3v) is 2.89. The molecule has 18 heavy (non-hydrogen) atoms. The Morgan fingerprint density at radius 2 is 1.83 bits per heavy atom. The zero-order chi connectivity index (χ0) is 12.7. The van der Waals surface area contributed by atoms with Gasteiger partial charge in [-0.3, -0.25) is 5.10 Å². The van der Waals surface area contributed by atoms with Crippen LogP contribution in [0.3, 0.4) is 0 Å². The number of hydrogen-bond acceptors (Lipinski definition) is 4. The van der Waals surface area contributed by atoms with Crippen LogP contribution >= 0.6 is 0 Å². The summed E-state index contributed by atoms with van der Waals surface area (Å²) in [6.07, 6.45) is 0. The molecule has 1 N–H and O–H groups in total. The Morgan fingerprint density at radius 3 is 2.44 bits per heavy atom. The van der Waals surface area contributed by atoms with E-state index >= 15 is 0 Å². The first-order chi connectivity index (χ1) is 8.65. The molecule has 6 heteroatoms. The molecule has 0 atom stereocenters. The Hall–Kier alpha value is -2.37. The molecule has 6 nitrogen and oxygen atoms in total. The molecular weight excluding hydrogens is 228 g/mol. The van der Waals surface area contributed by atoms with Crippen LogP contribution in [-0.2, 0) is 0 Å². The van der Waals surface area contributed by atoms with E-state index in [-0.39, 0.29) is 0 Å². The van der Waals surface area contributed by atoms with E-state index in [1.807, 2.05) is 33.2 Å². The number of aromatic nitrogens is 5. The number of H-pyrrole nitrogens is 1. The van der Waals surface area contributed by atoms with Crippen molar-refractivity contribution >= 4 is 11.5 Å². The van der Waals surface area contributed by atoms with Crippen LogP contribution in [0.15, 0.2) is 24.3 Å². The molecule has 2 aromatic heterocycles. The number of nitrogens with one attached hydrogen (secondary N) is 1. The lowest BCUT2D eigenvalue weighted by atomic mass is 10.2. The molecule has 0 radical (unpaired) electrons. The minimum atomic E-state index is 0.596. The zero-order valence-corrected chi connectivity index (χ0v) is 10.5. The highest BCUT2D eigenvalue weighted by atomic mass is 15.4. The lowest BCUT2D eigenvalue weighted by Gasteiger charge is -2.11. The second-order valence-corrected chi connectivity index (χ2v) is 4.40. The van der Waals surface area contributed by atoms with Crippen molar-refractivity contribution in [2.24, 2.45) is 0 Å². The standard InChI is InChI=1S/C12H14N6/c1-8-14-15-12-13-11(16-18(8)12)9-4-6-10(7-5-9)17(2)3/h4-7H,1-3H3,(H,13,15,16). The van der Waals surface area contributed by atoms with Crippen LogP contribution in [-0.4, -0.2) is 38.9 Å². The van der Waals surface area contributed by atoms with E-state index in [0.29, 0.717) is 5.78 Å². The molecule has 0 fully saturated rings. The maximum atomic E-state index is 4.40. The maximum Gasteiger partial charge on any atom is 0.272 e. The van der Waals surface area contributed by atoms with Gasteiger partial charge in [0.15, 0.2) is 11.6 Å². The molecule has 3 rings (SSSR count). The van der Waals surface area contributed by atoms with Crippen LogP contribution in [0.2, 0.25) is 0 Å². The van der Waals surface area contributed by atoms with Gasteiger partial charge in [0.2, 0.25) is 0 Å². The van der Waals surface area contributed by atoms with Crippen LogP contribution in [0.1, 0.15) is 5.82 Å². The summed E-state index contributed by atoms with van der Waals surface area (Å²) in [4.78, 5) is 6.46. The number of nitrogens with zero attached hydrogens (tertiary/aromatic N) is 5. The van der Waals surface area contributed by atoms with Crippen molar-refractivity contribution < 1.29 is 0 Å². The summed E-state index contributed by atoms with van der Waals surface area (Å²) >= 11 is 0. The second-order valence-electron chi connectivity index (χ2n) is 4.40. The first-order valence-electron chi connectivity index (χ1n) is 5.70. The van der Waals surface area contributed by atoms with Crippen LogP contribution in [0.25, 0.3) is 17.2 Å². The molecule has 0 bridgehead atoms. The van der Waals surface area contributed by atoms with Gasteiger partial charge in [0.05, 0.1) is 0 Å². The van der Waals surface area contributed by atoms with Gasteiger partial charge < -0.3 is 4.90 Å². The normalized spacial score (nSPS) is 11.1. The van der Waals surface area contributed by atoms with Crippen LogP contribution in [0.5, 0.6) is 0 Å². The quantitative estimate of drug-likeness (QED) is 0.739. The number of aryl methyl sites for hydroxylation is 1. The highest BCUT2D eigenvalue weighted by molar-refractivity contribution is 5.61. The summed E-state index contributed by atoms with van der Waals surface area (Å²) in [6.45, 7) is 1.89. The Morgan fingerprint density at radius 1 is 1.11 bits per heavy atom. The van der Waals surface area contributed by atoms with Crippen LogP contribution in [0, 0.1) is 6.92 Å². The highest BCUT2D eigenvalue weighted by Crippen LogP contribution is 2.20. The van der Waals surface area contributed by atoms with Gasteiger partial charge in [-0.05, 0) is 31.2 Å². The average molecular weight is 242 g/mol. The van der Waals surface area contributed by atoms with Crippen molar-refractivity contribution in [2.75, 3.05) is 19.0 Å². The summed E-state index contributed by atoms with van der Waals surface area (Å²) in [5.74, 6) is 2.20. The molecule has 0 unspecified atom stereocenters. The molecule has 0 aliphatic rings. The molecule has 2 heterocycles. The summed E-state index contributed by atoms with van der Waals surface area (Å²) in [6, 6.07) is 8.20. The summed E-state index contributed by atoms with van der Waals surface area (Å²) in [5.41, 5.74) is 2.19. The van der Waals surface area contributed by atoms with Gasteiger partial charge >= 0.3 is 0 Å². The smallest absolute Gasteiger partial charge is 0.272 e. The monoisotopic (exact) mass is 242 g/mol. The molecule has 0 spiro atoms. The average Bonchev–Trinajstić information content (AvgIpc) is 2.92. The molecule has 0 aliphatic carbocycles. The lowest BCUT2D eigenvalue weighted by Crippen LogP contribution is -2.07. The molecular formula is C12H14N6. The van der Waals surface area contributed by atoms with E-state index in [4.69, 9.17) is 0 Å². The van der Waals surface area contributed by atoms with Crippen molar-refractivity contribution in [3.63, 3.8) is 0 Å². The summed E-state index contributed by atoms with van der Waals surface area (Å²) in [7, 11) is 4.04. The fraction of sp³-hybridized carbons (Fsp3) is 0.250. The van der Waals surface area contributed by atoms with Crippen molar-refractivity contribution in [2.45, 2.75) is 6.92 Å². The fourth-order valence-corrected chi connectivity index (χ4v) is 1.83. The van der Waals surface area contributed by atoms with Crippen molar-refractivity contribution in [1.82, 2.24) is 24.8 Å². The van der Waals surface area contributed by atoms with Gasteiger partial charge in [0, 0.05) is 25.3 Å². The number of fused-ring (bicyclic) bond motifs is 1. The number of aromatic amines is 1. The number of rotatable bonds is 2. The zero-order valence-electron chi connectivity index (χ0n) is 10.5. The van der Waals surface area contributed by atoms with Gasteiger partial charge in [-0.1, -0.05) is 0 Å². The van der Waals surface area contributed by atoms with Crippen molar-refractivity contribution in [3.05, 3.63) is 30.1 Å². The third kappa shape index (κ3) is 1.62. The first kappa shape index (κ1) is 10.8. The predicted molar refractivity (Wildman–Crippen MR) is 69.6 cm³/mol. The second kappa shape index (κ2) is 3.83. The predicted octanol–water partition coefficient (Wildman–Crippen LogP) is 1.49. The van der Waals surface area contributed by atoms with Crippen LogP contribution < -0.4 is 4.90 Å².